The van der Waals surface area contributed by atoms with Crippen LogP contribution in [0.3, 0.4) is 0 Å². The predicted molar refractivity (Wildman–Crippen MR) is 104 cm³/mol. The van der Waals surface area contributed by atoms with Gasteiger partial charge in [0.05, 0.1) is 6.10 Å². The van der Waals surface area contributed by atoms with Crippen molar-refractivity contribution < 1.29 is 9.90 Å². The Bertz CT molecular complexity index is 562. The number of amides is 1. The summed E-state index contributed by atoms with van der Waals surface area (Å²) in [5.41, 5.74) is 10.9. The predicted octanol–water partition coefficient (Wildman–Crippen LogP) is 3.04. The topological polar surface area (TPSA) is 75.3 Å². The SMILES string of the molecule is CCc1ccc(C)cc1.NCC1=CCCC=C1CCC(O)CNC=O. The van der Waals surface area contributed by atoms with Crippen molar-refractivity contribution in [1.82, 2.24) is 5.32 Å². The Morgan fingerprint density at radius 1 is 1.20 bits per heavy atom. The second-order valence-corrected chi connectivity index (χ2v) is 6.30. The number of allylic oxidation sites excluding steroid dienone is 2. The van der Waals surface area contributed by atoms with E-state index in [4.69, 9.17) is 5.73 Å². The highest BCUT2D eigenvalue weighted by Crippen LogP contribution is 2.22. The average Bonchev–Trinajstić information content (AvgIpc) is 2.66. The Kier molecular flexibility index (Phi) is 10.5. The van der Waals surface area contributed by atoms with E-state index in [-0.39, 0.29) is 0 Å². The molecule has 25 heavy (non-hydrogen) atoms. The molecule has 4 N–H and O–H groups in total. The molecule has 138 valence electrons. The Morgan fingerprint density at radius 2 is 1.84 bits per heavy atom. The number of benzene rings is 1. The fourth-order valence-electron chi connectivity index (χ4n) is 2.69. The fourth-order valence-corrected chi connectivity index (χ4v) is 2.69. The van der Waals surface area contributed by atoms with Crippen molar-refractivity contribution in [1.29, 1.82) is 0 Å². The van der Waals surface area contributed by atoms with Gasteiger partial charge in [-0.25, -0.2) is 0 Å². The van der Waals surface area contributed by atoms with E-state index < -0.39 is 6.10 Å². The van der Waals surface area contributed by atoms with Gasteiger partial charge in [0.15, 0.2) is 0 Å². The van der Waals surface area contributed by atoms with Crippen LogP contribution in [-0.2, 0) is 11.2 Å². The van der Waals surface area contributed by atoms with Crippen LogP contribution in [0.5, 0.6) is 0 Å². The van der Waals surface area contributed by atoms with Crippen LogP contribution >= 0.6 is 0 Å². The molecule has 0 aromatic heterocycles. The third-order valence-electron chi connectivity index (χ3n) is 4.29. The molecule has 4 heteroatoms. The molecular formula is C21H32N2O2. The summed E-state index contributed by atoms with van der Waals surface area (Å²) in [5.74, 6) is 0. The molecule has 0 heterocycles. The number of aryl methyl sites for hydroxylation is 2. The van der Waals surface area contributed by atoms with Gasteiger partial charge in [-0.05, 0) is 55.7 Å². The molecule has 0 saturated heterocycles. The molecule has 0 bridgehead atoms. The number of aliphatic hydroxyl groups is 1. The molecule has 1 aliphatic rings. The minimum Gasteiger partial charge on any atom is -0.391 e. The van der Waals surface area contributed by atoms with Gasteiger partial charge in [-0.15, -0.1) is 0 Å². The minimum absolute atomic E-state index is 0.318. The molecule has 0 spiro atoms. The van der Waals surface area contributed by atoms with Crippen LogP contribution in [0.4, 0.5) is 0 Å². The van der Waals surface area contributed by atoms with Crippen molar-refractivity contribution in [2.45, 2.75) is 52.1 Å². The second-order valence-electron chi connectivity index (χ2n) is 6.30. The van der Waals surface area contributed by atoms with Gasteiger partial charge in [0.2, 0.25) is 6.41 Å². The molecule has 1 amide bonds. The highest BCUT2D eigenvalue weighted by atomic mass is 16.3. The summed E-state index contributed by atoms with van der Waals surface area (Å²) in [5, 5.41) is 12.0. The number of carbonyl (C=O) groups is 1. The zero-order chi connectivity index (χ0) is 18.5. The zero-order valence-corrected chi connectivity index (χ0v) is 15.5. The monoisotopic (exact) mass is 344 g/mol. The summed E-state index contributed by atoms with van der Waals surface area (Å²) in [7, 11) is 0. The maximum absolute atomic E-state index is 10.1. The number of aliphatic hydroxyl groups excluding tert-OH is 1. The van der Waals surface area contributed by atoms with Crippen LogP contribution in [0.2, 0.25) is 0 Å². The van der Waals surface area contributed by atoms with Crippen LogP contribution in [0.1, 0.15) is 43.7 Å². The zero-order valence-electron chi connectivity index (χ0n) is 15.5. The van der Waals surface area contributed by atoms with Gasteiger partial charge in [-0.1, -0.05) is 48.9 Å². The van der Waals surface area contributed by atoms with E-state index in [0.717, 1.165) is 25.7 Å². The van der Waals surface area contributed by atoms with Crippen molar-refractivity contribution in [3.05, 3.63) is 58.7 Å². The fraction of sp³-hybridized carbons (Fsp3) is 0.476. The lowest BCUT2D eigenvalue weighted by molar-refractivity contribution is -0.110. The van der Waals surface area contributed by atoms with Gasteiger partial charge in [-0.2, -0.15) is 0 Å². The van der Waals surface area contributed by atoms with Gasteiger partial charge in [0, 0.05) is 13.1 Å². The Morgan fingerprint density at radius 3 is 2.40 bits per heavy atom. The average molecular weight is 344 g/mol. The summed E-state index contributed by atoms with van der Waals surface area (Å²) in [6, 6.07) is 8.66. The largest absolute Gasteiger partial charge is 0.391 e. The van der Waals surface area contributed by atoms with E-state index in [2.05, 4.69) is 55.6 Å². The summed E-state index contributed by atoms with van der Waals surface area (Å²) in [6.07, 6.45) is 9.23. The van der Waals surface area contributed by atoms with Crippen LogP contribution in [-0.4, -0.2) is 30.7 Å². The first-order valence-electron chi connectivity index (χ1n) is 9.09. The highest BCUT2D eigenvalue weighted by Gasteiger charge is 2.10. The maximum Gasteiger partial charge on any atom is 0.207 e. The van der Waals surface area contributed by atoms with Gasteiger partial charge >= 0.3 is 0 Å². The first-order chi connectivity index (χ1) is 12.1. The van der Waals surface area contributed by atoms with E-state index in [1.54, 1.807) is 0 Å². The number of rotatable bonds is 8. The molecule has 0 aliphatic heterocycles. The first kappa shape index (κ1) is 21.1. The molecule has 1 unspecified atom stereocenters. The van der Waals surface area contributed by atoms with E-state index in [1.165, 1.54) is 22.3 Å². The molecule has 1 aromatic rings. The summed E-state index contributed by atoms with van der Waals surface area (Å²) < 4.78 is 0. The number of carbonyl (C=O) groups excluding carboxylic acids is 1. The van der Waals surface area contributed by atoms with Gasteiger partial charge in [0.25, 0.3) is 0 Å². The molecule has 1 aromatic carbocycles. The molecule has 0 saturated carbocycles. The van der Waals surface area contributed by atoms with Crippen LogP contribution in [0, 0.1) is 6.92 Å². The lowest BCUT2D eigenvalue weighted by atomic mass is 9.93. The highest BCUT2D eigenvalue weighted by molar-refractivity contribution is 5.45. The lowest BCUT2D eigenvalue weighted by Gasteiger charge is -2.16. The smallest absolute Gasteiger partial charge is 0.207 e. The van der Waals surface area contributed by atoms with E-state index in [0.29, 0.717) is 25.9 Å². The third kappa shape index (κ3) is 8.66. The lowest BCUT2D eigenvalue weighted by Crippen LogP contribution is -2.25. The number of nitrogens with two attached hydrogens (primary N) is 1. The van der Waals surface area contributed by atoms with Crippen molar-refractivity contribution >= 4 is 6.41 Å². The molecule has 0 radical (unpaired) electrons. The number of nitrogens with one attached hydrogen (secondary N) is 1. The minimum atomic E-state index is -0.480. The Balaban J connectivity index is 0.000000293. The Labute approximate surface area is 151 Å². The second kappa shape index (κ2) is 12.5. The van der Waals surface area contributed by atoms with Crippen molar-refractivity contribution in [3.8, 4) is 0 Å². The van der Waals surface area contributed by atoms with Gasteiger partial charge < -0.3 is 16.2 Å². The third-order valence-corrected chi connectivity index (χ3v) is 4.29. The molecule has 2 rings (SSSR count). The van der Waals surface area contributed by atoms with E-state index in [9.17, 15) is 9.90 Å². The van der Waals surface area contributed by atoms with Crippen LogP contribution < -0.4 is 11.1 Å². The standard InChI is InChI=1S/C12H20N2O2.C9H12/c13-7-11-4-2-1-3-10(11)5-6-12(16)8-14-9-15;1-3-9-6-4-8(2)5-7-9/h3-4,9,12,16H,1-2,5-8,13H2,(H,14,15);4-7H,3H2,1-2H3. The quantitative estimate of drug-likeness (QED) is 0.635. The van der Waals surface area contributed by atoms with Crippen molar-refractivity contribution in [2.75, 3.05) is 13.1 Å². The number of hydrogen-bond donors (Lipinski definition) is 3. The summed E-state index contributed by atoms with van der Waals surface area (Å²) in [6.45, 7) is 5.16. The van der Waals surface area contributed by atoms with Crippen LogP contribution in [0.15, 0.2) is 47.6 Å². The molecule has 0 fully saturated rings. The van der Waals surface area contributed by atoms with E-state index >= 15 is 0 Å². The first-order valence-corrected chi connectivity index (χ1v) is 9.09. The molecule has 1 aliphatic carbocycles. The van der Waals surface area contributed by atoms with E-state index in [1.807, 2.05) is 0 Å². The maximum atomic E-state index is 10.1. The molecule has 1 atom stereocenters. The van der Waals surface area contributed by atoms with Crippen LogP contribution in [0.25, 0.3) is 0 Å². The van der Waals surface area contributed by atoms with Gasteiger partial charge in [0.1, 0.15) is 0 Å². The van der Waals surface area contributed by atoms with Crippen molar-refractivity contribution in [2.24, 2.45) is 5.73 Å². The van der Waals surface area contributed by atoms with Gasteiger partial charge in [-0.3, -0.25) is 4.79 Å². The Hall–Kier alpha value is -1.91. The normalized spacial score (nSPS) is 14.6. The van der Waals surface area contributed by atoms with Crippen molar-refractivity contribution in [3.63, 3.8) is 0 Å². The molecule has 4 nitrogen and oxygen atoms in total. The molecular weight excluding hydrogens is 312 g/mol. The summed E-state index contributed by atoms with van der Waals surface area (Å²) >= 11 is 0. The summed E-state index contributed by atoms with van der Waals surface area (Å²) in [4.78, 5) is 10.1. The number of hydrogen-bond acceptors (Lipinski definition) is 3.